The van der Waals surface area contributed by atoms with Gasteiger partial charge in [0.15, 0.2) is 0 Å². The maximum absolute atomic E-state index is 13.5. The molecule has 1 saturated heterocycles. The predicted octanol–water partition coefficient (Wildman–Crippen LogP) is 5.61. The van der Waals surface area contributed by atoms with Crippen LogP contribution in [0.3, 0.4) is 0 Å². The molecule has 1 aliphatic rings. The normalized spacial score (nSPS) is 23.9. The van der Waals surface area contributed by atoms with Gasteiger partial charge < -0.3 is 23.7 Å². The molecule has 0 spiro atoms. The second-order valence-corrected chi connectivity index (χ2v) is 9.35. The standard InChI is InChI=1S/C25H26ClFN2O6S/c1-13-20(31-2)21(32-3)22(33-4)24(34-13)35-25(30)28-16-8-5-14(6-9-16)19-12-36-23(29-19)15-7-10-18(27)17(26)11-15/h5-13,20-22,24H,1-4H3,(H,28,30)/t13-,20-,21+,22+,24-/m0/s1. The fourth-order valence-corrected chi connectivity index (χ4v) is 5.06. The summed E-state index contributed by atoms with van der Waals surface area (Å²) in [5.41, 5.74) is 2.86. The number of methoxy groups -OCH3 is 3. The molecule has 8 nitrogen and oxygen atoms in total. The van der Waals surface area contributed by atoms with Crippen molar-refractivity contribution in [3.05, 3.63) is 58.7 Å². The van der Waals surface area contributed by atoms with Crippen LogP contribution in [0.1, 0.15) is 6.92 Å². The third-order valence-corrected chi connectivity index (χ3v) is 7.05. The number of rotatable bonds is 7. The Morgan fingerprint density at radius 2 is 1.69 bits per heavy atom. The molecule has 2 heterocycles. The highest BCUT2D eigenvalue weighted by molar-refractivity contribution is 7.13. The Kier molecular flexibility index (Phi) is 8.55. The Morgan fingerprint density at radius 1 is 1.03 bits per heavy atom. The van der Waals surface area contributed by atoms with E-state index in [1.807, 2.05) is 24.4 Å². The fourth-order valence-electron chi connectivity index (χ4n) is 4.05. The number of anilines is 1. The molecule has 0 unspecified atom stereocenters. The molecule has 1 aliphatic heterocycles. The summed E-state index contributed by atoms with van der Waals surface area (Å²) >= 11 is 7.31. The minimum Gasteiger partial charge on any atom is -0.416 e. The Labute approximate surface area is 217 Å². The zero-order chi connectivity index (χ0) is 25.8. The van der Waals surface area contributed by atoms with Gasteiger partial charge in [-0.1, -0.05) is 23.7 Å². The molecular weight excluding hydrogens is 511 g/mol. The molecule has 4 rings (SSSR count). The van der Waals surface area contributed by atoms with E-state index in [4.69, 9.17) is 35.3 Å². The molecule has 5 atom stereocenters. The van der Waals surface area contributed by atoms with Gasteiger partial charge in [-0.2, -0.15) is 0 Å². The number of hydrogen-bond acceptors (Lipinski definition) is 8. The molecule has 0 saturated carbocycles. The Balaban J connectivity index is 1.40. The lowest BCUT2D eigenvalue weighted by atomic mass is 9.99. The first-order chi connectivity index (χ1) is 17.3. The van der Waals surface area contributed by atoms with Gasteiger partial charge >= 0.3 is 6.09 Å². The molecule has 192 valence electrons. The first-order valence-corrected chi connectivity index (χ1v) is 12.3. The maximum atomic E-state index is 13.5. The largest absolute Gasteiger partial charge is 0.416 e. The van der Waals surface area contributed by atoms with Crippen LogP contribution in [0.25, 0.3) is 21.8 Å². The summed E-state index contributed by atoms with van der Waals surface area (Å²) in [5.74, 6) is -0.473. The minimum atomic E-state index is -0.978. The number of amides is 1. The Hall–Kier alpha value is -2.60. The number of hydrogen-bond donors (Lipinski definition) is 1. The van der Waals surface area contributed by atoms with Crippen molar-refractivity contribution in [2.75, 3.05) is 26.6 Å². The molecule has 0 aliphatic carbocycles. The number of benzene rings is 2. The fraction of sp³-hybridized carbons (Fsp3) is 0.360. The second-order valence-electron chi connectivity index (χ2n) is 8.08. The van der Waals surface area contributed by atoms with Crippen LogP contribution >= 0.6 is 22.9 Å². The van der Waals surface area contributed by atoms with Crippen molar-refractivity contribution in [1.82, 2.24) is 4.98 Å². The molecule has 3 aromatic rings. The van der Waals surface area contributed by atoms with Crippen LogP contribution < -0.4 is 5.32 Å². The molecule has 1 aromatic heterocycles. The van der Waals surface area contributed by atoms with Gasteiger partial charge in [0, 0.05) is 43.5 Å². The van der Waals surface area contributed by atoms with Crippen molar-refractivity contribution in [2.24, 2.45) is 0 Å². The van der Waals surface area contributed by atoms with Crippen LogP contribution in [-0.2, 0) is 23.7 Å². The number of ether oxygens (including phenoxy) is 5. The number of halogens is 2. The third kappa shape index (κ3) is 5.69. The first kappa shape index (κ1) is 26.5. The van der Waals surface area contributed by atoms with Gasteiger partial charge in [0.1, 0.15) is 29.1 Å². The molecule has 11 heteroatoms. The van der Waals surface area contributed by atoms with Crippen LogP contribution in [0.15, 0.2) is 47.8 Å². The van der Waals surface area contributed by atoms with Gasteiger partial charge in [0.25, 0.3) is 0 Å². The maximum Gasteiger partial charge on any atom is 0.414 e. The summed E-state index contributed by atoms with van der Waals surface area (Å²) in [5, 5.41) is 5.36. The van der Waals surface area contributed by atoms with Gasteiger partial charge in [-0.3, -0.25) is 5.32 Å². The molecule has 1 fully saturated rings. The van der Waals surface area contributed by atoms with Crippen molar-refractivity contribution >= 4 is 34.7 Å². The minimum absolute atomic E-state index is 0.0488. The average Bonchev–Trinajstić information content (AvgIpc) is 3.36. The molecule has 0 radical (unpaired) electrons. The zero-order valence-corrected chi connectivity index (χ0v) is 21.6. The van der Waals surface area contributed by atoms with Crippen molar-refractivity contribution in [2.45, 2.75) is 37.6 Å². The molecule has 2 aromatic carbocycles. The van der Waals surface area contributed by atoms with E-state index in [2.05, 4.69) is 10.3 Å². The molecule has 0 bridgehead atoms. The zero-order valence-electron chi connectivity index (χ0n) is 20.1. The molecule has 1 N–H and O–H groups in total. The van der Waals surface area contributed by atoms with Gasteiger partial charge in [-0.05, 0) is 37.3 Å². The van der Waals surface area contributed by atoms with E-state index in [0.717, 1.165) is 21.8 Å². The van der Waals surface area contributed by atoms with Gasteiger partial charge in [-0.15, -0.1) is 11.3 Å². The van der Waals surface area contributed by atoms with E-state index in [9.17, 15) is 9.18 Å². The predicted molar refractivity (Wildman–Crippen MR) is 135 cm³/mol. The lowest BCUT2D eigenvalue weighted by Gasteiger charge is -2.43. The summed E-state index contributed by atoms with van der Waals surface area (Å²) in [6, 6.07) is 11.6. The van der Waals surface area contributed by atoms with Crippen molar-refractivity contribution in [3.8, 4) is 21.8 Å². The van der Waals surface area contributed by atoms with Crippen LogP contribution in [0.4, 0.5) is 14.9 Å². The third-order valence-electron chi connectivity index (χ3n) is 5.86. The van der Waals surface area contributed by atoms with Crippen LogP contribution in [0.2, 0.25) is 5.02 Å². The number of thiazole rings is 1. The monoisotopic (exact) mass is 536 g/mol. The summed E-state index contributed by atoms with van der Waals surface area (Å²) in [6.45, 7) is 1.81. The molecule has 1 amide bonds. The molecular formula is C25H26ClFN2O6S. The van der Waals surface area contributed by atoms with Crippen molar-refractivity contribution < 1.29 is 32.9 Å². The number of nitrogens with zero attached hydrogens (tertiary/aromatic N) is 1. The van der Waals surface area contributed by atoms with E-state index >= 15 is 0 Å². The quantitative estimate of drug-likeness (QED) is 0.420. The number of aromatic nitrogens is 1. The lowest BCUT2D eigenvalue weighted by molar-refractivity contribution is -0.288. The van der Waals surface area contributed by atoms with Crippen LogP contribution in [0, 0.1) is 5.82 Å². The van der Waals surface area contributed by atoms with Crippen molar-refractivity contribution in [3.63, 3.8) is 0 Å². The molecule has 36 heavy (non-hydrogen) atoms. The topological polar surface area (TPSA) is 88.1 Å². The average molecular weight is 537 g/mol. The summed E-state index contributed by atoms with van der Waals surface area (Å²) in [4.78, 5) is 17.2. The second kappa shape index (κ2) is 11.6. The highest BCUT2D eigenvalue weighted by atomic mass is 35.5. The van der Waals surface area contributed by atoms with Crippen LogP contribution in [-0.4, -0.2) is 63.1 Å². The first-order valence-electron chi connectivity index (χ1n) is 11.1. The highest BCUT2D eigenvalue weighted by Gasteiger charge is 2.47. The summed E-state index contributed by atoms with van der Waals surface area (Å²) < 4.78 is 41.2. The number of carbonyl (C=O) groups is 1. The highest BCUT2D eigenvalue weighted by Crippen LogP contribution is 2.32. The van der Waals surface area contributed by atoms with Crippen molar-refractivity contribution in [1.29, 1.82) is 0 Å². The number of nitrogens with one attached hydrogen (secondary N) is 1. The Morgan fingerprint density at radius 3 is 2.33 bits per heavy atom. The van der Waals surface area contributed by atoms with E-state index in [-0.39, 0.29) is 17.2 Å². The van der Waals surface area contributed by atoms with Gasteiger partial charge in [0.05, 0.1) is 16.8 Å². The Bertz CT molecular complexity index is 1190. The van der Waals surface area contributed by atoms with Gasteiger partial charge in [-0.25, -0.2) is 14.2 Å². The van der Waals surface area contributed by atoms with E-state index in [0.29, 0.717) is 5.69 Å². The van der Waals surface area contributed by atoms with Gasteiger partial charge in [0.2, 0.25) is 6.29 Å². The van der Waals surface area contributed by atoms with Crippen LogP contribution in [0.5, 0.6) is 0 Å². The summed E-state index contributed by atoms with van der Waals surface area (Å²) in [7, 11) is 4.59. The smallest absolute Gasteiger partial charge is 0.414 e. The van der Waals surface area contributed by atoms with E-state index < -0.39 is 30.4 Å². The van der Waals surface area contributed by atoms with E-state index in [1.165, 1.54) is 24.5 Å². The lowest BCUT2D eigenvalue weighted by Crippen LogP contribution is -2.59. The van der Waals surface area contributed by atoms with E-state index in [1.54, 1.807) is 38.5 Å². The number of carbonyl (C=O) groups excluding carboxylic acids is 1. The summed E-state index contributed by atoms with van der Waals surface area (Å²) in [6.07, 6.45) is -3.57. The SMILES string of the molecule is CO[C@@H]1[C@@H](OC)[C@H](C)O[C@@H](OC(=O)Nc2ccc(-c3csc(-c4ccc(F)c(Cl)c4)n3)cc2)[C@@H]1OC.